The lowest BCUT2D eigenvalue weighted by Gasteiger charge is -2.10. The fourth-order valence-corrected chi connectivity index (χ4v) is 2.60. The van der Waals surface area contributed by atoms with Crippen LogP contribution in [0, 0.1) is 0 Å². The molecule has 0 atom stereocenters. The van der Waals surface area contributed by atoms with E-state index in [0.717, 1.165) is 28.0 Å². The SMILES string of the molecule is CCc1cc(CNc2ccc(Br)c(Cl)c2Cl)n(C)n1. The van der Waals surface area contributed by atoms with Crippen molar-refractivity contribution in [3.05, 3.63) is 44.1 Å². The molecule has 0 fully saturated rings. The highest BCUT2D eigenvalue weighted by molar-refractivity contribution is 9.10. The standard InChI is InChI=1S/C13H14BrCl2N3/c1-3-8-6-9(19(2)18-8)7-17-11-5-4-10(14)12(15)13(11)16/h4-6,17H,3,7H2,1-2H3. The Labute approximate surface area is 131 Å². The van der Waals surface area contributed by atoms with Gasteiger partial charge < -0.3 is 5.32 Å². The highest BCUT2D eigenvalue weighted by Gasteiger charge is 2.09. The van der Waals surface area contributed by atoms with Gasteiger partial charge in [-0.25, -0.2) is 0 Å². The normalized spacial score (nSPS) is 10.8. The minimum atomic E-state index is 0.519. The summed E-state index contributed by atoms with van der Waals surface area (Å²) in [7, 11) is 1.94. The smallest absolute Gasteiger partial charge is 0.0835 e. The summed E-state index contributed by atoms with van der Waals surface area (Å²) in [6, 6.07) is 5.86. The fraction of sp³-hybridized carbons (Fsp3) is 0.308. The number of nitrogens with one attached hydrogen (secondary N) is 1. The Balaban J connectivity index is 2.14. The van der Waals surface area contributed by atoms with E-state index in [-0.39, 0.29) is 0 Å². The molecule has 0 amide bonds. The summed E-state index contributed by atoms with van der Waals surface area (Å²) in [6.45, 7) is 2.74. The van der Waals surface area contributed by atoms with Gasteiger partial charge in [-0.1, -0.05) is 30.1 Å². The number of aromatic nitrogens is 2. The third-order valence-electron chi connectivity index (χ3n) is 2.88. The number of anilines is 1. The van der Waals surface area contributed by atoms with Gasteiger partial charge >= 0.3 is 0 Å². The molecule has 102 valence electrons. The van der Waals surface area contributed by atoms with Crippen molar-refractivity contribution in [2.75, 3.05) is 5.32 Å². The van der Waals surface area contributed by atoms with Gasteiger partial charge in [0.2, 0.25) is 0 Å². The molecule has 0 aliphatic heterocycles. The van der Waals surface area contributed by atoms with Crippen molar-refractivity contribution in [2.24, 2.45) is 7.05 Å². The molecule has 1 aromatic heterocycles. The lowest BCUT2D eigenvalue weighted by atomic mass is 10.3. The van der Waals surface area contributed by atoms with Crippen LogP contribution in [0.15, 0.2) is 22.7 Å². The molecule has 1 N–H and O–H groups in total. The summed E-state index contributed by atoms with van der Waals surface area (Å²) < 4.78 is 2.67. The van der Waals surface area contributed by atoms with E-state index in [9.17, 15) is 0 Å². The first-order valence-electron chi connectivity index (χ1n) is 5.92. The Hall–Kier alpha value is -0.710. The van der Waals surface area contributed by atoms with Crippen LogP contribution in [0.25, 0.3) is 0 Å². The van der Waals surface area contributed by atoms with Crippen molar-refractivity contribution in [3.63, 3.8) is 0 Å². The Morgan fingerprint density at radius 3 is 2.68 bits per heavy atom. The predicted octanol–water partition coefficient (Wildman–Crippen LogP) is 4.66. The van der Waals surface area contributed by atoms with Crippen molar-refractivity contribution in [2.45, 2.75) is 19.9 Å². The molecular formula is C13H14BrCl2N3. The minimum absolute atomic E-state index is 0.519. The van der Waals surface area contributed by atoms with E-state index in [1.807, 2.05) is 23.9 Å². The number of rotatable bonds is 4. The Morgan fingerprint density at radius 2 is 2.05 bits per heavy atom. The summed E-state index contributed by atoms with van der Waals surface area (Å²) in [5.74, 6) is 0. The van der Waals surface area contributed by atoms with Crippen LogP contribution in [0.4, 0.5) is 5.69 Å². The number of hydrogen-bond acceptors (Lipinski definition) is 2. The van der Waals surface area contributed by atoms with Gasteiger partial charge in [0, 0.05) is 11.5 Å². The van der Waals surface area contributed by atoms with Crippen molar-refractivity contribution >= 4 is 44.8 Å². The van der Waals surface area contributed by atoms with Crippen LogP contribution in [0.1, 0.15) is 18.3 Å². The molecule has 19 heavy (non-hydrogen) atoms. The second kappa shape index (κ2) is 6.16. The second-order valence-electron chi connectivity index (χ2n) is 4.18. The van der Waals surface area contributed by atoms with Crippen LogP contribution in [0.5, 0.6) is 0 Å². The van der Waals surface area contributed by atoms with Crippen LogP contribution >= 0.6 is 39.1 Å². The van der Waals surface area contributed by atoms with Crippen LogP contribution < -0.4 is 5.32 Å². The summed E-state index contributed by atoms with van der Waals surface area (Å²) in [6.07, 6.45) is 0.929. The quantitative estimate of drug-likeness (QED) is 0.801. The number of nitrogens with zero attached hydrogens (tertiary/aromatic N) is 2. The van der Waals surface area contributed by atoms with Gasteiger partial charge in [-0.2, -0.15) is 5.10 Å². The van der Waals surface area contributed by atoms with Gasteiger partial charge in [0.05, 0.1) is 33.7 Å². The summed E-state index contributed by atoms with van der Waals surface area (Å²) >= 11 is 15.6. The van der Waals surface area contributed by atoms with Gasteiger partial charge in [0.15, 0.2) is 0 Å². The van der Waals surface area contributed by atoms with Crippen molar-refractivity contribution < 1.29 is 0 Å². The molecule has 0 aliphatic rings. The monoisotopic (exact) mass is 361 g/mol. The number of benzene rings is 1. The maximum atomic E-state index is 6.19. The van der Waals surface area contributed by atoms with Crippen LogP contribution in [0.3, 0.4) is 0 Å². The number of hydrogen-bond donors (Lipinski definition) is 1. The highest BCUT2D eigenvalue weighted by atomic mass is 79.9. The second-order valence-corrected chi connectivity index (χ2v) is 5.79. The first kappa shape index (κ1) is 14.7. The minimum Gasteiger partial charge on any atom is -0.378 e. The summed E-state index contributed by atoms with van der Waals surface area (Å²) in [4.78, 5) is 0. The van der Waals surface area contributed by atoms with E-state index in [0.29, 0.717) is 16.6 Å². The van der Waals surface area contributed by atoms with Gasteiger partial charge in [-0.15, -0.1) is 0 Å². The van der Waals surface area contributed by atoms with Gasteiger partial charge in [0.25, 0.3) is 0 Å². The average Bonchev–Trinajstić information content (AvgIpc) is 2.76. The molecule has 0 saturated heterocycles. The third-order valence-corrected chi connectivity index (χ3v) is 4.66. The molecule has 2 rings (SSSR count). The number of halogens is 3. The molecule has 0 aliphatic carbocycles. The average molecular weight is 363 g/mol. The maximum absolute atomic E-state index is 6.19. The predicted molar refractivity (Wildman–Crippen MR) is 84.1 cm³/mol. The van der Waals surface area contributed by atoms with Crippen molar-refractivity contribution in [1.29, 1.82) is 0 Å². The van der Waals surface area contributed by atoms with Crippen molar-refractivity contribution in [3.8, 4) is 0 Å². The van der Waals surface area contributed by atoms with E-state index in [1.54, 1.807) is 0 Å². The van der Waals surface area contributed by atoms with Gasteiger partial charge in [0.1, 0.15) is 0 Å². The van der Waals surface area contributed by atoms with Crippen LogP contribution in [-0.4, -0.2) is 9.78 Å². The maximum Gasteiger partial charge on any atom is 0.0835 e. The topological polar surface area (TPSA) is 29.9 Å². The zero-order valence-corrected chi connectivity index (χ0v) is 13.8. The molecule has 1 heterocycles. The lowest BCUT2D eigenvalue weighted by Crippen LogP contribution is -2.05. The molecule has 3 nitrogen and oxygen atoms in total. The van der Waals surface area contributed by atoms with E-state index in [4.69, 9.17) is 23.2 Å². The van der Waals surface area contributed by atoms with E-state index in [1.165, 1.54) is 0 Å². The van der Waals surface area contributed by atoms with Crippen LogP contribution in [0.2, 0.25) is 10.0 Å². The molecule has 0 spiro atoms. The Bertz CT molecular complexity index is 596. The Kier molecular flexibility index (Phi) is 4.76. The first-order valence-corrected chi connectivity index (χ1v) is 7.47. The molecular weight excluding hydrogens is 349 g/mol. The molecule has 0 radical (unpaired) electrons. The molecule has 1 aromatic carbocycles. The third kappa shape index (κ3) is 3.25. The largest absolute Gasteiger partial charge is 0.378 e. The molecule has 0 unspecified atom stereocenters. The highest BCUT2D eigenvalue weighted by Crippen LogP contribution is 2.35. The number of aryl methyl sites for hydroxylation is 2. The van der Waals surface area contributed by atoms with Crippen molar-refractivity contribution in [1.82, 2.24) is 9.78 Å². The van der Waals surface area contributed by atoms with E-state index < -0.39 is 0 Å². The van der Waals surface area contributed by atoms with Gasteiger partial charge in [-0.3, -0.25) is 4.68 Å². The first-order chi connectivity index (χ1) is 9.02. The molecule has 2 aromatic rings. The molecule has 6 heteroatoms. The zero-order chi connectivity index (χ0) is 14.0. The molecule has 0 saturated carbocycles. The molecule has 0 bridgehead atoms. The van der Waals surface area contributed by atoms with Crippen LogP contribution in [-0.2, 0) is 20.0 Å². The van der Waals surface area contributed by atoms with E-state index >= 15 is 0 Å². The lowest BCUT2D eigenvalue weighted by molar-refractivity contribution is 0.707. The van der Waals surface area contributed by atoms with Gasteiger partial charge in [-0.05, 0) is 40.5 Å². The zero-order valence-electron chi connectivity index (χ0n) is 10.7. The summed E-state index contributed by atoms with van der Waals surface area (Å²) in [5.41, 5.74) is 3.00. The summed E-state index contributed by atoms with van der Waals surface area (Å²) in [5, 5.41) is 8.72. The Morgan fingerprint density at radius 1 is 1.32 bits per heavy atom. The fourth-order valence-electron chi connectivity index (χ4n) is 1.76. The van der Waals surface area contributed by atoms with E-state index in [2.05, 4.69) is 39.3 Å².